The van der Waals surface area contributed by atoms with Crippen LogP contribution in [0.3, 0.4) is 0 Å². The second kappa shape index (κ2) is 8.27. The normalized spacial score (nSPS) is 11.0. The van der Waals surface area contributed by atoms with Gasteiger partial charge in [-0.25, -0.2) is 4.79 Å². The number of benzene rings is 2. The van der Waals surface area contributed by atoms with Crippen molar-refractivity contribution in [3.8, 4) is 5.75 Å². The van der Waals surface area contributed by atoms with Gasteiger partial charge in [-0.2, -0.15) is 0 Å². The highest BCUT2D eigenvalue weighted by atomic mass is 35.5. The molecule has 1 heterocycles. The molecule has 3 rings (SSSR count). The quantitative estimate of drug-likeness (QED) is 0.643. The Balaban J connectivity index is 1.65. The summed E-state index contributed by atoms with van der Waals surface area (Å²) >= 11 is 6.07. The Morgan fingerprint density at radius 2 is 1.96 bits per heavy atom. The SMILES string of the molecule is CC(C)c1cc(=O)oc2cc(OCC(=O)NCc3ccccc3Cl)ccc12. The Labute approximate surface area is 161 Å². The fraction of sp³-hybridized carbons (Fsp3) is 0.238. The number of carbonyl (C=O) groups excluding carboxylic acids is 1. The number of nitrogens with one attached hydrogen (secondary N) is 1. The summed E-state index contributed by atoms with van der Waals surface area (Å²) in [6.45, 7) is 4.21. The summed E-state index contributed by atoms with van der Waals surface area (Å²) in [7, 11) is 0. The van der Waals surface area contributed by atoms with Crippen molar-refractivity contribution in [2.45, 2.75) is 26.3 Å². The fourth-order valence-corrected chi connectivity index (χ4v) is 2.97. The van der Waals surface area contributed by atoms with Gasteiger partial charge in [-0.15, -0.1) is 0 Å². The van der Waals surface area contributed by atoms with Crippen LogP contribution in [0.25, 0.3) is 11.0 Å². The van der Waals surface area contributed by atoms with Gasteiger partial charge in [0.2, 0.25) is 0 Å². The molecule has 0 radical (unpaired) electrons. The molecule has 0 fully saturated rings. The van der Waals surface area contributed by atoms with Gasteiger partial charge in [0.25, 0.3) is 5.91 Å². The Hall–Kier alpha value is -2.79. The summed E-state index contributed by atoms with van der Waals surface area (Å²) in [5.41, 5.74) is 1.80. The van der Waals surface area contributed by atoms with E-state index in [2.05, 4.69) is 5.32 Å². The van der Waals surface area contributed by atoms with E-state index in [-0.39, 0.29) is 18.4 Å². The van der Waals surface area contributed by atoms with Crippen LogP contribution in [0.1, 0.15) is 30.9 Å². The molecule has 0 saturated carbocycles. The van der Waals surface area contributed by atoms with E-state index >= 15 is 0 Å². The molecule has 6 heteroatoms. The van der Waals surface area contributed by atoms with Crippen LogP contribution in [0.2, 0.25) is 5.02 Å². The van der Waals surface area contributed by atoms with Crippen molar-refractivity contribution in [2.24, 2.45) is 0 Å². The first-order chi connectivity index (χ1) is 12.9. The number of hydrogen-bond acceptors (Lipinski definition) is 4. The highest BCUT2D eigenvalue weighted by Gasteiger charge is 2.11. The molecule has 0 atom stereocenters. The highest BCUT2D eigenvalue weighted by Crippen LogP contribution is 2.27. The van der Waals surface area contributed by atoms with Crippen molar-refractivity contribution in [1.29, 1.82) is 0 Å². The maximum atomic E-state index is 12.0. The molecule has 0 unspecified atom stereocenters. The smallest absolute Gasteiger partial charge is 0.336 e. The highest BCUT2D eigenvalue weighted by molar-refractivity contribution is 6.31. The predicted octanol–water partition coefficient (Wildman–Crippen LogP) is 4.27. The summed E-state index contributed by atoms with van der Waals surface area (Å²) in [6.07, 6.45) is 0. The lowest BCUT2D eigenvalue weighted by Gasteiger charge is -2.11. The Morgan fingerprint density at radius 1 is 1.19 bits per heavy atom. The second-order valence-electron chi connectivity index (χ2n) is 6.49. The van der Waals surface area contributed by atoms with E-state index in [1.807, 2.05) is 38.1 Å². The summed E-state index contributed by atoms with van der Waals surface area (Å²) in [6, 6.07) is 14.0. The number of carbonyl (C=O) groups is 1. The Bertz CT molecular complexity index is 1030. The molecule has 2 aromatic carbocycles. The van der Waals surface area contributed by atoms with Crippen molar-refractivity contribution in [2.75, 3.05) is 6.61 Å². The zero-order valence-electron chi connectivity index (χ0n) is 15.1. The zero-order valence-corrected chi connectivity index (χ0v) is 15.9. The Morgan fingerprint density at radius 3 is 2.70 bits per heavy atom. The van der Waals surface area contributed by atoms with E-state index in [9.17, 15) is 9.59 Å². The van der Waals surface area contributed by atoms with Crippen LogP contribution in [-0.4, -0.2) is 12.5 Å². The second-order valence-corrected chi connectivity index (χ2v) is 6.90. The standard InChI is InChI=1S/C21H20ClNO4/c1-13(2)17-10-21(25)27-19-9-15(7-8-16(17)19)26-12-20(24)23-11-14-5-3-4-6-18(14)22/h3-10,13H,11-12H2,1-2H3,(H,23,24). The third kappa shape index (κ3) is 4.68. The number of ether oxygens (including phenoxy) is 1. The minimum Gasteiger partial charge on any atom is -0.484 e. The van der Waals surface area contributed by atoms with Crippen LogP contribution in [0, 0.1) is 0 Å². The van der Waals surface area contributed by atoms with Crippen molar-refractivity contribution in [3.05, 3.63) is 75.1 Å². The first-order valence-corrected chi connectivity index (χ1v) is 9.02. The van der Waals surface area contributed by atoms with E-state index in [4.69, 9.17) is 20.8 Å². The predicted molar refractivity (Wildman–Crippen MR) is 105 cm³/mol. The van der Waals surface area contributed by atoms with Gasteiger partial charge >= 0.3 is 5.63 Å². The molecule has 1 aromatic heterocycles. The molecule has 140 valence electrons. The van der Waals surface area contributed by atoms with Crippen molar-refractivity contribution < 1.29 is 13.9 Å². The minimum atomic E-state index is -0.402. The van der Waals surface area contributed by atoms with E-state index in [1.165, 1.54) is 6.07 Å². The van der Waals surface area contributed by atoms with Gasteiger partial charge in [-0.3, -0.25) is 4.79 Å². The minimum absolute atomic E-state index is 0.149. The van der Waals surface area contributed by atoms with Gasteiger partial charge in [-0.1, -0.05) is 43.6 Å². The molecular weight excluding hydrogens is 366 g/mol. The Kier molecular flexibility index (Phi) is 5.81. The molecule has 5 nitrogen and oxygen atoms in total. The molecule has 1 amide bonds. The molecule has 27 heavy (non-hydrogen) atoms. The van der Waals surface area contributed by atoms with Crippen molar-refractivity contribution >= 4 is 28.5 Å². The molecule has 1 N–H and O–H groups in total. The first kappa shape index (κ1) is 19.0. The molecular formula is C21H20ClNO4. The molecule has 0 aliphatic carbocycles. The van der Waals surface area contributed by atoms with Gasteiger partial charge in [0, 0.05) is 29.1 Å². The first-order valence-electron chi connectivity index (χ1n) is 8.65. The van der Waals surface area contributed by atoms with Gasteiger partial charge in [0.05, 0.1) is 0 Å². The lowest BCUT2D eigenvalue weighted by atomic mass is 10.00. The van der Waals surface area contributed by atoms with Crippen LogP contribution in [0.15, 0.2) is 57.7 Å². The summed E-state index contributed by atoms with van der Waals surface area (Å²) in [4.78, 5) is 23.8. The maximum absolute atomic E-state index is 12.0. The third-order valence-electron chi connectivity index (χ3n) is 4.17. The van der Waals surface area contributed by atoms with Gasteiger partial charge in [0.15, 0.2) is 6.61 Å². The molecule has 0 aliphatic rings. The van der Waals surface area contributed by atoms with Crippen LogP contribution < -0.4 is 15.7 Å². The van der Waals surface area contributed by atoms with Crippen LogP contribution in [0.5, 0.6) is 5.75 Å². The molecule has 0 aliphatic heterocycles. The van der Waals surface area contributed by atoms with E-state index in [0.29, 0.717) is 22.9 Å². The number of rotatable bonds is 6. The fourth-order valence-electron chi connectivity index (χ4n) is 2.77. The van der Waals surface area contributed by atoms with Gasteiger partial charge < -0.3 is 14.5 Å². The zero-order chi connectivity index (χ0) is 19.4. The summed E-state index contributed by atoms with van der Waals surface area (Å²) in [5, 5.41) is 4.22. The van der Waals surface area contributed by atoms with Gasteiger partial charge in [-0.05, 0) is 35.2 Å². The van der Waals surface area contributed by atoms with Crippen LogP contribution >= 0.6 is 11.6 Å². The number of fused-ring (bicyclic) bond motifs is 1. The lowest BCUT2D eigenvalue weighted by molar-refractivity contribution is -0.123. The topological polar surface area (TPSA) is 68.5 Å². The third-order valence-corrected chi connectivity index (χ3v) is 4.54. The molecule has 0 bridgehead atoms. The molecule has 3 aromatic rings. The van der Waals surface area contributed by atoms with Crippen LogP contribution in [-0.2, 0) is 11.3 Å². The summed E-state index contributed by atoms with van der Waals surface area (Å²) < 4.78 is 10.8. The number of halogens is 1. The number of amides is 1. The molecule has 0 spiro atoms. The summed E-state index contributed by atoms with van der Waals surface area (Å²) in [5.74, 6) is 0.380. The van der Waals surface area contributed by atoms with Crippen molar-refractivity contribution in [3.63, 3.8) is 0 Å². The van der Waals surface area contributed by atoms with Crippen molar-refractivity contribution in [1.82, 2.24) is 5.32 Å². The molecule has 0 saturated heterocycles. The van der Waals surface area contributed by atoms with E-state index in [1.54, 1.807) is 18.2 Å². The van der Waals surface area contributed by atoms with Crippen LogP contribution in [0.4, 0.5) is 0 Å². The number of hydrogen-bond donors (Lipinski definition) is 1. The van der Waals surface area contributed by atoms with E-state index in [0.717, 1.165) is 16.5 Å². The average Bonchev–Trinajstić information content (AvgIpc) is 2.64. The van der Waals surface area contributed by atoms with Gasteiger partial charge in [0.1, 0.15) is 11.3 Å². The maximum Gasteiger partial charge on any atom is 0.336 e. The van der Waals surface area contributed by atoms with E-state index < -0.39 is 5.63 Å². The monoisotopic (exact) mass is 385 g/mol. The lowest BCUT2D eigenvalue weighted by Crippen LogP contribution is -2.28. The largest absolute Gasteiger partial charge is 0.484 e. The average molecular weight is 386 g/mol.